The molecule has 2 amide bonds. The van der Waals surface area contributed by atoms with Gasteiger partial charge in [0.05, 0.1) is 12.4 Å². The van der Waals surface area contributed by atoms with Crippen LogP contribution in [0.4, 0.5) is 0 Å². The van der Waals surface area contributed by atoms with Crippen LogP contribution in [0, 0.1) is 0 Å². The molecule has 3 unspecified atom stereocenters. The number of fused-ring (bicyclic) bond motifs is 1. The largest absolute Gasteiger partial charge is 0.508 e. The quantitative estimate of drug-likeness (QED) is 0.576. The first-order valence-corrected chi connectivity index (χ1v) is 11.1. The molecule has 2 aromatic carbocycles. The van der Waals surface area contributed by atoms with Gasteiger partial charge in [0.15, 0.2) is 5.78 Å². The van der Waals surface area contributed by atoms with Crippen molar-refractivity contribution in [1.82, 2.24) is 19.8 Å². The molecule has 3 heterocycles. The number of ketones is 1. The van der Waals surface area contributed by atoms with E-state index in [-0.39, 0.29) is 42.5 Å². The molecule has 34 heavy (non-hydrogen) atoms. The molecule has 2 saturated heterocycles. The number of carbonyl (C=O) groups is 3. The topological polar surface area (TPSA) is 114 Å². The summed E-state index contributed by atoms with van der Waals surface area (Å²) >= 11 is 0. The molecule has 2 N–H and O–H groups in total. The van der Waals surface area contributed by atoms with Gasteiger partial charge in [-0.25, -0.2) is 4.98 Å². The van der Waals surface area contributed by atoms with Crippen LogP contribution in [0.1, 0.15) is 22.3 Å². The van der Waals surface area contributed by atoms with E-state index in [1.165, 1.54) is 17.0 Å². The van der Waals surface area contributed by atoms with Gasteiger partial charge in [-0.15, -0.1) is 0 Å². The first-order chi connectivity index (χ1) is 16.5. The lowest BCUT2D eigenvalue weighted by Crippen LogP contribution is -2.53. The van der Waals surface area contributed by atoms with E-state index in [0.29, 0.717) is 18.5 Å². The number of nitrogens with one attached hydrogen (secondary N) is 1. The van der Waals surface area contributed by atoms with Crippen LogP contribution in [0.2, 0.25) is 0 Å². The van der Waals surface area contributed by atoms with E-state index in [2.05, 4.69) is 10.3 Å². The van der Waals surface area contributed by atoms with Gasteiger partial charge in [-0.2, -0.15) is 0 Å². The monoisotopic (exact) mass is 460 g/mol. The smallest absolute Gasteiger partial charge is 0.251 e. The average molecular weight is 460 g/mol. The highest BCUT2D eigenvalue weighted by Gasteiger charge is 2.48. The van der Waals surface area contributed by atoms with Crippen molar-refractivity contribution >= 4 is 17.6 Å². The van der Waals surface area contributed by atoms with E-state index in [4.69, 9.17) is 4.74 Å². The maximum atomic E-state index is 13.5. The SMILES string of the molecule is O=C(NC(Cc1ccc(O)cc1)C(=O)N1CCC2OCC(=O)C21)c1ccc(-n2ccnc2)cc1. The van der Waals surface area contributed by atoms with Crippen molar-refractivity contribution in [3.05, 3.63) is 78.4 Å². The van der Waals surface area contributed by atoms with E-state index in [0.717, 1.165) is 11.3 Å². The van der Waals surface area contributed by atoms with Crippen LogP contribution >= 0.6 is 0 Å². The van der Waals surface area contributed by atoms with E-state index in [9.17, 15) is 19.5 Å². The zero-order valence-electron chi connectivity index (χ0n) is 18.3. The van der Waals surface area contributed by atoms with Crippen molar-refractivity contribution in [3.8, 4) is 11.4 Å². The molecule has 0 saturated carbocycles. The van der Waals surface area contributed by atoms with Gasteiger partial charge in [-0.1, -0.05) is 12.1 Å². The molecule has 9 heteroatoms. The third-order valence-corrected chi connectivity index (χ3v) is 6.31. The summed E-state index contributed by atoms with van der Waals surface area (Å²) in [4.78, 5) is 44.5. The number of hydrogen-bond donors (Lipinski definition) is 2. The molecule has 2 aliphatic rings. The first kappa shape index (κ1) is 21.8. The Morgan fingerprint density at radius 3 is 2.62 bits per heavy atom. The summed E-state index contributed by atoms with van der Waals surface area (Å²) in [6.07, 6.45) is 5.68. The second-order valence-corrected chi connectivity index (χ2v) is 8.49. The maximum Gasteiger partial charge on any atom is 0.251 e. The summed E-state index contributed by atoms with van der Waals surface area (Å²) < 4.78 is 7.33. The molecule has 0 radical (unpaired) electrons. The fourth-order valence-electron chi connectivity index (χ4n) is 4.55. The Kier molecular flexibility index (Phi) is 5.85. The molecule has 2 aliphatic heterocycles. The van der Waals surface area contributed by atoms with Gasteiger partial charge in [0, 0.05) is 36.6 Å². The van der Waals surface area contributed by atoms with E-state index in [1.54, 1.807) is 55.1 Å². The molecular formula is C25H24N4O5. The Morgan fingerprint density at radius 2 is 1.91 bits per heavy atom. The zero-order chi connectivity index (χ0) is 23.7. The molecule has 9 nitrogen and oxygen atoms in total. The number of amides is 2. The first-order valence-electron chi connectivity index (χ1n) is 11.1. The molecule has 3 aromatic rings. The Hall–Kier alpha value is -3.98. The predicted octanol–water partition coefficient (Wildman–Crippen LogP) is 1.49. The number of aromatic hydroxyl groups is 1. The predicted molar refractivity (Wildman–Crippen MR) is 121 cm³/mol. The number of nitrogens with zero attached hydrogens (tertiary/aromatic N) is 3. The molecule has 0 aliphatic carbocycles. The molecule has 2 fully saturated rings. The summed E-state index contributed by atoms with van der Waals surface area (Å²) in [6.45, 7) is 0.415. The Bertz CT molecular complexity index is 1190. The number of rotatable bonds is 6. The third-order valence-electron chi connectivity index (χ3n) is 6.31. The van der Waals surface area contributed by atoms with E-state index in [1.807, 2.05) is 4.57 Å². The van der Waals surface area contributed by atoms with Gasteiger partial charge in [0.25, 0.3) is 5.91 Å². The number of likely N-dealkylation sites (tertiary alicyclic amines) is 1. The number of Topliss-reactive ketones (excluding diaryl/α,β-unsaturated/α-hetero) is 1. The van der Waals surface area contributed by atoms with Crippen molar-refractivity contribution in [2.75, 3.05) is 13.2 Å². The van der Waals surface area contributed by atoms with Crippen molar-refractivity contribution in [1.29, 1.82) is 0 Å². The molecule has 1 aromatic heterocycles. The highest BCUT2D eigenvalue weighted by molar-refractivity contribution is 5.99. The summed E-state index contributed by atoms with van der Waals surface area (Å²) in [5, 5.41) is 12.4. The fraction of sp³-hybridized carbons (Fsp3) is 0.280. The lowest BCUT2D eigenvalue weighted by atomic mass is 10.0. The zero-order valence-corrected chi connectivity index (χ0v) is 18.3. The van der Waals surface area contributed by atoms with Crippen LogP contribution in [-0.4, -0.2) is 68.5 Å². The van der Waals surface area contributed by atoms with Crippen LogP contribution in [0.15, 0.2) is 67.3 Å². The number of carbonyl (C=O) groups excluding carboxylic acids is 3. The minimum atomic E-state index is -0.877. The number of hydrogen-bond acceptors (Lipinski definition) is 6. The third kappa shape index (κ3) is 4.29. The van der Waals surface area contributed by atoms with Gasteiger partial charge in [0.1, 0.15) is 24.4 Å². The van der Waals surface area contributed by atoms with Crippen LogP contribution < -0.4 is 5.32 Å². The number of aromatic nitrogens is 2. The van der Waals surface area contributed by atoms with Gasteiger partial charge in [-0.05, 0) is 48.4 Å². The number of benzene rings is 2. The van der Waals surface area contributed by atoms with Crippen molar-refractivity contribution in [2.45, 2.75) is 31.0 Å². The van der Waals surface area contributed by atoms with E-state index >= 15 is 0 Å². The van der Waals surface area contributed by atoms with Gasteiger partial charge >= 0.3 is 0 Å². The highest BCUT2D eigenvalue weighted by Crippen LogP contribution is 2.28. The number of ether oxygens (including phenoxy) is 1. The Morgan fingerprint density at radius 1 is 1.15 bits per heavy atom. The van der Waals surface area contributed by atoms with Crippen LogP contribution in [-0.2, 0) is 20.7 Å². The summed E-state index contributed by atoms with van der Waals surface area (Å²) in [6, 6.07) is 12.0. The highest BCUT2D eigenvalue weighted by atomic mass is 16.5. The van der Waals surface area contributed by atoms with Crippen LogP contribution in [0.3, 0.4) is 0 Å². The molecule has 3 atom stereocenters. The average Bonchev–Trinajstić information content (AvgIpc) is 3.60. The molecule has 174 valence electrons. The standard InChI is InChI=1S/C25H24N4O5/c30-19-7-1-16(2-8-19)13-20(25(33)29-11-9-22-23(29)21(31)14-34-22)27-24(32)17-3-5-18(6-4-17)28-12-10-26-15-28/h1-8,10,12,15,20,22-23,30H,9,11,13-14H2,(H,27,32). The molecule has 5 rings (SSSR count). The van der Waals surface area contributed by atoms with Crippen molar-refractivity contribution in [3.63, 3.8) is 0 Å². The lowest BCUT2D eigenvalue weighted by Gasteiger charge is -2.27. The molecular weight excluding hydrogens is 436 g/mol. The maximum absolute atomic E-state index is 13.5. The Balaban J connectivity index is 1.36. The Labute approximate surface area is 196 Å². The number of phenols is 1. The molecule has 0 spiro atoms. The summed E-state index contributed by atoms with van der Waals surface area (Å²) in [5.74, 6) is -0.702. The second kappa shape index (κ2) is 9.11. The normalized spacial score (nSPS) is 20.2. The minimum absolute atomic E-state index is 0.0113. The number of imidazole rings is 1. The van der Waals surface area contributed by atoms with Crippen LogP contribution in [0.5, 0.6) is 5.75 Å². The summed E-state index contributed by atoms with van der Waals surface area (Å²) in [5.41, 5.74) is 2.04. The fourth-order valence-corrected chi connectivity index (χ4v) is 4.55. The van der Waals surface area contributed by atoms with Gasteiger partial charge in [0.2, 0.25) is 5.91 Å². The molecule has 0 bridgehead atoms. The van der Waals surface area contributed by atoms with E-state index < -0.39 is 12.1 Å². The van der Waals surface area contributed by atoms with Gasteiger partial charge in [-0.3, -0.25) is 14.4 Å². The minimum Gasteiger partial charge on any atom is -0.508 e. The van der Waals surface area contributed by atoms with Crippen molar-refractivity contribution < 1.29 is 24.2 Å². The van der Waals surface area contributed by atoms with Crippen LogP contribution in [0.25, 0.3) is 5.69 Å². The number of phenolic OH excluding ortho intramolecular Hbond substituents is 1. The van der Waals surface area contributed by atoms with Gasteiger partial charge < -0.3 is 24.6 Å². The van der Waals surface area contributed by atoms with Crippen molar-refractivity contribution in [2.24, 2.45) is 0 Å². The lowest BCUT2D eigenvalue weighted by molar-refractivity contribution is -0.138. The summed E-state index contributed by atoms with van der Waals surface area (Å²) in [7, 11) is 0. The second-order valence-electron chi connectivity index (χ2n) is 8.49.